The van der Waals surface area contributed by atoms with E-state index in [9.17, 15) is 0 Å². The first-order valence-electron chi connectivity index (χ1n) is 7.15. The normalized spacial score (nSPS) is 20.3. The highest BCUT2D eigenvalue weighted by atomic mass is 16.5. The Morgan fingerprint density at radius 3 is 2.33 bits per heavy atom. The molecule has 1 saturated heterocycles. The molecule has 104 valence electrons. The molecule has 0 aliphatic carbocycles. The molecule has 1 fully saturated rings. The standard InChI is InChI=1S/C12H21N3O.C2H6/c1-8(2)11-13-12(16-14-11)10-5-6-15(7-10)9(3)4;1-2/h8-10H,5-7H2,1-4H3;1-2H3. The summed E-state index contributed by atoms with van der Waals surface area (Å²) in [6.45, 7) is 14.8. The molecule has 1 aliphatic heterocycles. The Morgan fingerprint density at radius 1 is 1.22 bits per heavy atom. The van der Waals surface area contributed by atoms with Crippen molar-refractivity contribution in [3.8, 4) is 0 Å². The van der Waals surface area contributed by atoms with Crippen molar-refractivity contribution in [2.24, 2.45) is 0 Å². The smallest absolute Gasteiger partial charge is 0.231 e. The minimum atomic E-state index is 0.347. The Bertz CT molecular complexity index is 347. The third-order valence-corrected chi connectivity index (χ3v) is 3.27. The molecule has 1 aromatic heterocycles. The van der Waals surface area contributed by atoms with Crippen LogP contribution >= 0.6 is 0 Å². The molecule has 1 aliphatic rings. The zero-order valence-corrected chi connectivity index (χ0v) is 12.6. The monoisotopic (exact) mass is 253 g/mol. The predicted octanol–water partition coefficient (Wildman–Crippen LogP) is 3.42. The van der Waals surface area contributed by atoms with Crippen molar-refractivity contribution in [3.05, 3.63) is 11.7 Å². The molecule has 1 unspecified atom stereocenters. The Kier molecular flexibility index (Phi) is 5.79. The van der Waals surface area contributed by atoms with Gasteiger partial charge in [-0.25, -0.2) is 0 Å². The van der Waals surface area contributed by atoms with E-state index in [2.05, 4.69) is 42.7 Å². The number of rotatable bonds is 3. The SMILES string of the molecule is CC.CC(C)c1noc(C2CCN(C(C)C)C2)n1. The fraction of sp³-hybridized carbons (Fsp3) is 0.857. The lowest BCUT2D eigenvalue weighted by Crippen LogP contribution is -2.27. The van der Waals surface area contributed by atoms with Gasteiger partial charge in [0.1, 0.15) is 0 Å². The lowest BCUT2D eigenvalue weighted by molar-refractivity contribution is 0.265. The average Bonchev–Trinajstić information content (AvgIpc) is 3.00. The van der Waals surface area contributed by atoms with Gasteiger partial charge in [-0.3, -0.25) is 0 Å². The van der Waals surface area contributed by atoms with E-state index in [0.717, 1.165) is 31.2 Å². The molecule has 0 saturated carbocycles. The minimum Gasteiger partial charge on any atom is -0.339 e. The highest BCUT2D eigenvalue weighted by Gasteiger charge is 2.29. The van der Waals surface area contributed by atoms with E-state index in [4.69, 9.17) is 4.52 Å². The quantitative estimate of drug-likeness (QED) is 0.827. The van der Waals surface area contributed by atoms with E-state index in [1.807, 2.05) is 13.8 Å². The van der Waals surface area contributed by atoms with Crippen LogP contribution in [0.4, 0.5) is 0 Å². The molecule has 0 radical (unpaired) electrons. The van der Waals surface area contributed by atoms with Gasteiger partial charge < -0.3 is 9.42 Å². The minimum absolute atomic E-state index is 0.347. The molecule has 0 bridgehead atoms. The van der Waals surface area contributed by atoms with Gasteiger partial charge in [-0.1, -0.05) is 32.9 Å². The molecule has 0 spiro atoms. The van der Waals surface area contributed by atoms with Gasteiger partial charge in [0.2, 0.25) is 5.89 Å². The van der Waals surface area contributed by atoms with Crippen LogP contribution in [0.2, 0.25) is 0 Å². The Labute approximate surface area is 111 Å². The van der Waals surface area contributed by atoms with E-state index >= 15 is 0 Å². The van der Waals surface area contributed by atoms with Crippen LogP contribution in [0.5, 0.6) is 0 Å². The number of hydrogen-bond acceptors (Lipinski definition) is 4. The topological polar surface area (TPSA) is 42.2 Å². The van der Waals surface area contributed by atoms with Gasteiger partial charge in [0.25, 0.3) is 0 Å². The summed E-state index contributed by atoms with van der Waals surface area (Å²) in [7, 11) is 0. The molecule has 2 heterocycles. The van der Waals surface area contributed by atoms with Gasteiger partial charge in [-0.2, -0.15) is 4.98 Å². The predicted molar refractivity (Wildman–Crippen MR) is 73.8 cm³/mol. The molecule has 2 rings (SSSR count). The highest BCUT2D eigenvalue weighted by Crippen LogP contribution is 2.27. The molecule has 4 nitrogen and oxygen atoms in total. The van der Waals surface area contributed by atoms with Crippen molar-refractivity contribution >= 4 is 0 Å². The van der Waals surface area contributed by atoms with Gasteiger partial charge in [0.05, 0.1) is 5.92 Å². The summed E-state index contributed by atoms with van der Waals surface area (Å²) in [4.78, 5) is 6.94. The van der Waals surface area contributed by atoms with Crippen LogP contribution in [0.15, 0.2) is 4.52 Å². The van der Waals surface area contributed by atoms with Crippen molar-refractivity contribution in [1.82, 2.24) is 15.0 Å². The molecule has 0 N–H and O–H groups in total. The maximum Gasteiger partial charge on any atom is 0.231 e. The van der Waals surface area contributed by atoms with Gasteiger partial charge in [-0.05, 0) is 26.8 Å². The van der Waals surface area contributed by atoms with Gasteiger partial charge in [0.15, 0.2) is 5.82 Å². The summed E-state index contributed by atoms with van der Waals surface area (Å²) in [6.07, 6.45) is 1.14. The number of nitrogens with zero attached hydrogens (tertiary/aromatic N) is 3. The second kappa shape index (κ2) is 6.88. The number of likely N-dealkylation sites (tertiary alicyclic amines) is 1. The summed E-state index contributed by atoms with van der Waals surface area (Å²) < 4.78 is 5.35. The highest BCUT2D eigenvalue weighted by molar-refractivity contribution is 5.01. The largest absolute Gasteiger partial charge is 0.339 e. The van der Waals surface area contributed by atoms with Crippen molar-refractivity contribution in [3.63, 3.8) is 0 Å². The van der Waals surface area contributed by atoms with E-state index < -0.39 is 0 Å². The second-order valence-corrected chi connectivity index (χ2v) is 5.22. The van der Waals surface area contributed by atoms with Crippen molar-refractivity contribution < 1.29 is 4.52 Å². The van der Waals surface area contributed by atoms with Crippen LogP contribution in [-0.4, -0.2) is 34.2 Å². The van der Waals surface area contributed by atoms with Crippen LogP contribution in [0.1, 0.15) is 71.5 Å². The first-order chi connectivity index (χ1) is 8.58. The molecular formula is C14H27N3O. The second-order valence-electron chi connectivity index (χ2n) is 5.22. The molecule has 0 amide bonds. The third-order valence-electron chi connectivity index (χ3n) is 3.27. The van der Waals surface area contributed by atoms with E-state index in [1.54, 1.807) is 0 Å². The maximum atomic E-state index is 5.35. The molecule has 1 atom stereocenters. The summed E-state index contributed by atoms with van der Waals surface area (Å²) >= 11 is 0. The fourth-order valence-corrected chi connectivity index (χ4v) is 2.11. The lowest BCUT2D eigenvalue weighted by atomic mass is 10.1. The summed E-state index contributed by atoms with van der Waals surface area (Å²) in [5, 5.41) is 4.03. The van der Waals surface area contributed by atoms with Crippen LogP contribution < -0.4 is 0 Å². The first kappa shape index (κ1) is 15.2. The Balaban J connectivity index is 0.000000771. The Morgan fingerprint density at radius 2 is 1.89 bits per heavy atom. The number of aromatic nitrogens is 2. The number of hydrogen-bond donors (Lipinski definition) is 0. The fourth-order valence-electron chi connectivity index (χ4n) is 2.11. The van der Waals surface area contributed by atoms with Crippen LogP contribution in [0.25, 0.3) is 0 Å². The van der Waals surface area contributed by atoms with Crippen LogP contribution in [-0.2, 0) is 0 Å². The van der Waals surface area contributed by atoms with E-state index in [1.165, 1.54) is 0 Å². The maximum absolute atomic E-state index is 5.35. The summed E-state index contributed by atoms with van der Waals surface area (Å²) in [5.41, 5.74) is 0. The zero-order valence-electron chi connectivity index (χ0n) is 12.6. The van der Waals surface area contributed by atoms with Crippen molar-refractivity contribution in [2.45, 2.75) is 65.8 Å². The summed E-state index contributed by atoms with van der Waals surface area (Å²) in [6, 6.07) is 0.609. The average molecular weight is 253 g/mol. The van der Waals surface area contributed by atoms with Gasteiger partial charge in [-0.15, -0.1) is 0 Å². The van der Waals surface area contributed by atoms with E-state index in [-0.39, 0.29) is 0 Å². The van der Waals surface area contributed by atoms with Gasteiger partial charge >= 0.3 is 0 Å². The lowest BCUT2D eigenvalue weighted by Gasteiger charge is -2.19. The summed E-state index contributed by atoms with van der Waals surface area (Å²) in [5.74, 6) is 2.44. The molecule has 18 heavy (non-hydrogen) atoms. The van der Waals surface area contributed by atoms with Crippen LogP contribution in [0.3, 0.4) is 0 Å². The third kappa shape index (κ3) is 3.55. The molecule has 4 heteroatoms. The Hall–Kier alpha value is -0.900. The van der Waals surface area contributed by atoms with Crippen LogP contribution in [0, 0.1) is 0 Å². The van der Waals surface area contributed by atoms with E-state index in [0.29, 0.717) is 17.9 Å². The molecular weight excluding hydrogens is 226 g/mol. The van der Waals surface area contributed by atoms with Crippen molar-refractivity contribution in [2.75, 3.05) is 13.1 Å². The molecule has 0 aromatic carbocycles. The first-order valence-corrected chi connectivity index (χ1v) is 7.15. The van der Waals surface area contributed by atoms with Crippen molar-refractivity contribution in [1.29, 1.82) is 0 Å². The zero-order chi connectivity index (χ0) is 13.7. The van der Waals surface area contributed by atoms with Gasteiger partial charge in [0, 0.05) is 18.5 Å². The molecule has 1 aromatic rings.